The molecule has 0 aromatic heterocycles. The van der Waals surface area contributed by atoms with Crippen LogP contribution in [-0.4, -0.2) is 37.6 Å². The summed E-state index contributed by atoms with van der Waals surface area (Å²) in [7, 11) is 0. The standard InChI is InChI=1S/C13H16FN3/c1-15-13-3-2-11(10-12(13)14)4-7-17-8-5-16-6-9-17/h2-3,10,16H,4-9H2. The molecule has 1 fully saturated rings. The predicted octanol–water partition coefficient (Wildman–Crippen LogP) is 1.82. The molecule has 2 rings (SSSR count). The van der Waals surface area contributed by atoms with Crippen LogP contribution in [0.4, 0.5) is 10.1 Å². The average molecular weight is 233 g/mol. The maximum Gasteiger partial charge on any atom is 0.222 e. The first kappa shape index (κ1) is 12.0. The Morgan fingerprint density at radius 3 is 2.76 bits per heavy atom. The molecule has 0 amide bonds. The third-order valence-electron chi connectivity index (χ3n) is 3.06. The summed E-state index contributed by atoms with van der Waals surface area (Å²) in [4.78, 5) is 5.49. The van der Waals surface area contributed by atoms with Crippen LogP contribution in [0.25, 0.3) is 4.85 Å². The normalized spacial score (nSPS) is 16.7. The molecule has 0 aliphatic carbocycles. The van der Waals surface area contributed by atoms with Gasteiger partial charge in [-0.15, -0.1) is 0 Å². The highest BCUT2D eigenvalue weighted by atomic mass is 19.1. The van der Waals surface area contributed by atoms with Crippen LogP contribution in [-0.2, 0) is 6.42 Å². The summed E-state index contributed by atoms with van der Waals surface area (Å²) in [5.41, 5.74) is 1.07. The van der Waals surface area contributed by atoms with Crippen molar-refractivity contribution in [2.45, 2.75) is 6.42 Å². The Bertz CT molecular complexity index is 419. The van der Waals surface area contributed by atoms with Gasteiger partial charge in [0.25, 0.3) is 0 Å². The lowest BCUT2D eigenvalue weighted by Crippen LogP contribution is -2.44. The molecule has 0 spiro atoms. The highest BCUT2D eigenvalue weighted by molar-refractivity contribution is 5.47. The fourth-order valence-electron chi connectivity index (χ4n) is 2.02. The third kappa shape index (κ3) is 3.26. The molecule has 1 N–H and O–H groups in total. The lowest BCUT2D eigenvalue weighted by atomic mass is 10.1. The summed E-state index contributed by atoms with van der Waals surface area (Å²) in [5.74, 6) is -0.405. The first-order valence-corrected chi connectivity index (χ1v) is 5.88. The maximum atomic E-state index is 13.4. The minimum absolute atomic E-state index is 0.107. The van der Waals surface area contributed by atoms with Gasteiger partial charge in [-0.2, -0.15) is 0 Å². The zero-order valence-electron chi connectivity index (χ0n) is 9.75. The fourth-order valence-corrected chi connectivity index (χ4v) is 2.02. The van der Waals surface area contributed by atoms with Crippen LogP contribution in [0.2, 0.25) is 0 Å². The van der Waals surface area contributed by atoms with Crippen molar-refractivity contribution in [3.63, 3.8) is 0 Å². The van der Waals surface area contributed by atoms with Crippen molar-refractivity contribution in [3.05, 3.63) is 41.0 Å². The molecule has 4 heteroatoms. The van der Waals surface area contributed by atoms with E-state index in [1.165, 1.54) is 6.07 Å². The van der Waals surface area contributed by atoms with Gasteiger partial charge >= 0.3 is 0 Å². The predicted molar refractivity (Wildman–Crippen MR) is 65.7 cm³/mol. The first-order valence-electron chi connectivity index (χ1n) is 5.88. The second-order valence-corrected chi connectivity index (χ2v) is 4.24. The van der Waals surface area contributed by atoms with Crippen LogP contribution in [0.1, 0.15) is 5.56 Å². The second kappa shape index (κ2) is 5.76. The number of nitrogens with one attached hydrogen (secondary N) is 1. The summed E-state index contributed by atoms with van der Waals surface area (Å²) in [6.07, 6.45) is 0.842. The lowest BCUT2D eigenvalue weighted by Gasteiger charge is -2.27. The van der Waals surface area contributed by atoms with Gasteiger partial charge in [-0.25, -0.2) is 9.24 Å². The molecule has 1 saturated heterocycles. The maximum absolute atomic E-state index is 13.4. The van der Waals surface area contributed by atoms with Crippen molar-refractivity contribution >= 4 is 5.69 Å². The Morgan fingerprint density at radius 1 is 1.35 bits per heavy atom. The largest absolute Gasteiger partial charge is 0.314 e. The van der Waals surface area contributed by atoms with E-state index in [0.29, 0.717) is 0 Å². The Balaban J connectivity index is 1.90. The molecule has 17 heavy (non-hydrogen) atoms. The number of halogens is 1. The van der Waals surface area contributed by atoms with Crippen molar-refractivity contribution < 1.29 is 4.39 Å². The van der Waals surface area contributed by atoms with E-state index in [9.17, 15) is 4.39 Å². The minimum atomic E-state index is -0.405. The van der Waals surface area contributed by atoms with Gasteiger partial charge in [-0.1, -0.05) is 12.1 Å². The number of hydrogen-bond donors (Lipinski definition) is 1. The second-order valence-electron chi connectivity index (χ2n) is 4.24. The van der Waals surface area contributed by atoms with Crippen LogP contribution in [0.3, 0.4) is 0 Å². The molecule has 0 unspecified atom stereocenters. The summed E-state index contributed by atoms with van der Waals surface area (Å²) >= 11 is 0. The minimum Gasteiger partial charge on any atom is -0.314 e. The molecule has 1 aliphatic heterocycles. The van der Waals surface area contributed by atoms with Gasteiger partial charge < -0.3 is 10.2 Å². The van der Waals surface area contributed by atoms with Gasteiger partial charge in [0.15, 0.2) is 0 Å². The molecular weight excluding hydrogens is 217 g/mol. The molecule has 1 aromatic carbocycles. The zero-order valence-corrected chi connectivity index (χ0v) is 9.75. The van der Waals surface area contributed by atoms with Crippen molar-refractivity contribution in [3.8, 4) is 0 Å². The van der Waals surface area contributed by atoms with E-state index in [1.807, 2.05) is 6.07 Å². The monoisotopic (exact) mass is 233 g/mol. The highest BCUT2D eigenvalue weighted by Crippen LogP contribution is 2.19. The van der Waals surface area contributed by atoms with Gasteiger partial charge in [0.05, 0.1) is 6.57 Å². The van der Waals surface area contributed by atoms with E-state index < -0.39 is 5.82 Å². The molecule has 1 aliphatic rings. The molecule has 0 radical (unpaired) electrons. The molecule has 0 saturated carbocycles. The molecule has 1 aromatic rings. The van der Waals surface area contributed by atoms with Crippen molar-refractivity contribution in [1.29, 1.82) is 0 Å². The third-order valence-corrected chi connectivity index (χ3v) is 3.06. The number of rotatable bonds is 3. The van der Waals surface area contributed by atoms with Crippen molar-refractivity contribution in [1.82, 2.24) is 10.2 Å². The Hall–Kier alpha value is -1.44. The SMILES string of the molecule is [C-]#[N+]c1ccc(CCN2CCNCC2)cc1F. The van der Waals surface area contributed by atoms with Gasteiger partial charge in [0.2, 0.25) is 5.69 Å². The molecule has 3 nitrogen and oxygen atoms in total. The highest BCUT2D eigenvalue weighted by Gasteiger charge is 2.09. The zero-order chi connectivity index (χ0) is 12.1. The Morgan fingerprint density at radius 2 is 2.12 bits per heavy atom. The topological polar surface area (TPSA) is 19.6 Å². The molecule has 90 valence electrons. The summed E-state index contributed by atoms with van der Waals surface area (Å²) in [6.45, 7) is 11.9. The smallest absolute Gasteiger partial charge is 0.222 e. The van der Waals surface area contributed by atoms with Gasteiger partial charge in [-0.3, -0.25) is 0 Å². The van der Waals surface area contributed by atoms with Gasteiger partial charge in [-0.05, 0) is 18.1 Å². The van der Waals surface area contributed by atoms with E-state index >= 15 is 0 Å². The Labute approximate surface area is 101 Å². The van der Waals surface area contributed by atoms with Crippen molar-refractivity contribution in [2.75, 3.05) is 32.7 Å². The van der Waals surface area contributed by atoms with E-state index in [4.69, 9.17) is 6.57 Å². The van der Waals surface area contributed by atoms with Gasteiger partial charge in [0.1, 0.15) is 5.82 Å². The summed E-state index contributed by atoms with van der Waals surface area (Å²) in [5, 5.41) is 3.30. The van der Waals surface area contributed by atoms with Crippen LogP contribution in [0, 0.1) is 12.4 Å². The van der Waals surface area contributed by atoms with Crippen LogP contribution < -0.4 is 5.32 Å². The fraction of sp³-hybridized carbons (Fsp3) is 0.462. The van der Waals surface area contributed by atoms with E-state index in [2.05, 4.69) is 15.1 Å². The number of hydrogen-bond acceptors (Lipinski definition) is 2. The lowest BCUT2D eigenvalue weighted by molar-refractivity contribution is 0.244. The first-order chi connectivity index (χ1) is 8.29. The van der Waals surface area contributed by atoms with E-state index in [-0.39, 0.29) is 5.69 Å². The van der Waals surface area contributed by atoms with Crippen LogP contribution in [0.5, 0.6) is 0 Å². The average Bonchev–Trinajstić information content (AvgIpc) is 2.38. The van der Waals surface area contributed by atoms with Crippen LogP contribution in [0.15, 0.2) is 18.2 Å². The number of piperazine rings is 1. The van der Waals surface area contributed by atoms with E-state index in [1.54, 1.807) is 6.07 Å². The van der Waals surface area contributed by atoms with Crippen LogP contribution >= 0.6 is 0 Å². The van der Waals surface area contributed by atoms with Gasteiger partial charge in [0, 0.05) is 32.7 Å². The quantitative estimate of drug-likeness (QED) is 0.803. The molecule has 0 bridgehead atoms. The molecule has 1 heterocycles. The van der Waals surface area contributed by atoms with E-state index in [0.717, 1.165) is 44.7 Å². The van der Waals surface area contributed by atoms with Crippen molar-refractivity contribution in [2.24, 2.45) is 0 Å². The molecule has 0 atom stereocenters. The summed E-state index contributed by atoms with van der Waals surface area (Å²) in [6, 6.07) is 4.89. The Kier molecular flexibility index (Phi) is 4.08. The summed E-state index contributed by atoms with van der Waals surface area (Å²) < 4.78 is 13.4. The molecular formula is C13H16FN3. The number of nitrogens with zero attached hydrogens (tertiary/aromatic N) is 2. The number of benzene rings is 1.